The predicted molar refractivity (Wildman–Crippen MR) is 49.8 cm³/mol. The van der Waals surface area contributed by atoms with Gasteiger partial charge in [0.15, 0.2) is 0 Å². The van der Waals surface area contributed by atoms with Crippen molar-refractivity contribution in [2.24, 2.45) is 5.41 Å². The Labute approximate surface area is 80.1 Å². The molecule has 0 amide bonds. The average molecular weight is 187 g/mol. The van der Waals surface area contributed by atoms with Crippen molar-refractivity contribution in [3.63, 3.8) is 0 Å². The quantitative estimate of drug-likeness (QED) is 0.489. The molecular weight excluding hydrogens is 168 g/mol. The first-order chi connectivity index (χ1) is 5.98. The lowest BCUT2D eigenvalue weighted by atomic mass is 9.97. The maximum Gasteiger partial charge on any atom is 0.311 e. The van der Waals surface area contributed by atoms with Gasteiger partial charge in [-0.2, -0.15) is 0 Å². The zero-order valence-electron chi connectivity index (χ0n) is 8.76. The standard InChI is InChI=1S/C10H19O3/c1-10(2,3)9(12)13-8-6-4-5-7-11/h4-8H2,1-3H3. The van der Waals surface area contributed by atoms with E-state index in [1.165, 1.54) is 0 Å². The fourth-order valence-electron chi connectivity index (χ4n) is 0.762. The van der Waals surface area contributed by atoms with E-state index in [9.17, 15) is 9.90 Å². The minimum atomic E-state index is -0.418. The summed E-state index contributed by atoms with van der Waals surface area (Å²) in [6.07, 6.45) is 2.32. The number of rotatable bonds is 5. The van der Waals surface area contributed by atoms with Gasteiger partial charge in [-0.1, -0.05) is 0 Å². The molecule has 3 nitrogen and oxygen atoms in total. The number of ether oxygens (including phenoxy) is 1. The van der Waals surface area contributed by atoms with Crippen LogP contribution in [-0.4, -0.2) is 19.2 Å². The van der Waals surface area contributed by atoms with Crippen LogP contribution in [0.5, 0.6) is 0 Å². The summed E-state index contributed by atoms with van der Waals surface area (Å²) in [5.74, 6) is -0.172. The normalized spacial score (nSPS) is 11.4. The number of hydrogen-bond donors (Lipinski definition) is 0. The molecule has 0 heterocycles. The minimum Gasteiger partial charge on any atom is -0.465 e. The van der Waals surface area contributed by atoms with Crippen molar-refractivity contribution in [3.05, 3.63) is 0 Å². The fraction of sp³-hybridized carbons (Fsp3) is 0.900. The Bertz CT molecular complexity index is 147. The van der Waals surface area contributed by atoms with E-state index in [-0.39, 0.29) is 12.6 Å². The van der Waals surface area contributed by atoms with Crippen LogP contribution in [0, 0.1) is 5.41 Å². The second-order valence-electron chi connectivity index (χ2n) is 4.15. The third-order valence-electron chi connectivity index (χ3n) is 1.63. The highest BCUT2D eigenvalue weighted by Crippen LogP contribution is 2.15. The van der Waals surface area contributed by atoms with Crippen molar-refractivity contribution in [1.29, 1.82) is 0 Å². The van der Waals surface area contributed by atoms with Crippen LogP contribution in [0.25, 0.3) is 0 Å². The van der Waals surface area contributed by atoms with Crippen LogP contribution < -0.4 is 0 Å². The van der Waals surface area contributed by atoms with Crippen LogP contribution >= 0.6 is 0 Å². The van der Waals surface area contributed by atoms with Gasteiger partial charge in [-0.25, -0.2) is 5.11 Å². The number of esters is 1. The Morgan fingerprint density at radius 2 is 1.77 bits per heavy atom. The molecule has 0 N–H and O–H groups in total. The SMILES string of the molecule is CC(C)(C)C(=O)OCCCCC[O]. The molecule has 77 valence electrons. The molecule has 3 heteroatoms. The molecule has 0 aromatic carbocycles. The third-order valence-corrected chi connectivity index (χ3v) is 1.63. The Morgan fingerprint density at radius 1 is 1.15 bits per heavy atom. The van der Waals surface area contributed by atoms with E-state index >= 15 is 0 Å². The van der Waals surface area contributed by atoms with E-state index in [1.807, 2.05) is 20.8 Å². The summed E-state index contributed by atoms with van der Waals surface area (Å²) in [4.78, 5) is 11.2. The maximum absolute atomic E-state index is 11.2. The molecule has 0 aromatic rings. The topological polar surface area (TPSA) is 46.2 Å². The molecule has 0 fully saturated rings. The fourth-order valence-corrected chi connectivity index (χ4v) is 0.762. The van der Waals surface area contributed by atoms with E-state index in [2.05, 4.69) is 0 Å². The summed E-state index contributed by atoms with van der Waals surface area (Å²) in [7, 11) is 0. The summed E-state index contributed by atoms with van der Waals surface area (Å²) in [6.45, 7) is 5.89. The highest BCUT2D eigenvalue weighted by Gasteiger charge is 2.22. The van der Waals surface area contributed by atoms with Crippen molar-refractivity contribution in [1.82, 2.24) is 0 Å². The lowest BCUT2D eigenvalue weighted by Crippen LogP contribution is -2.23. The van der Waals surface area contributed by atoms with Gasteiger partial charge in [0.2, 0.25) is 0 Å². The molecule has 0 bridgehead atoms. The zero-order chi connectivity index (χ0) is 10.3. The number of carbonyl (C=O) groups excluding carboxylic acids is 1. The van der Waals surface area contributed by atoms with Crippen LogP contribution in [0.3, 0.4) is 0 Å². The number of hydrogen-bond acceptors (Lipinski definition) is 2. The lowest BCUT2D eigenvalue weighted by molar-refractivity contribution is -0.153. The van der Waals surface area contributed by atoms with Crippen molar-refractivity contribution >= 4 is 5.97 Å². The van der Waals surface area contributed by atoms with Gasteiger partial charge >= 0.3 is 5.97 Å². The zero-order valence-corrected chi connectivity index (χ0v) is 8.76. The van der Waals surface area contributed by atoms with Gasteiger partial charge < -0.3 is 4.74 Å². The first-order valence-corrected chi connectivity index (χ1v) is 4.74. The average Bonchev–Trinajstić information content (AvgIpc) is 2.02. The molecular formula is C10H19O3. The van der Waals surface area contributed by atoms with Gasteiger partial charge in [0, 0.05) is 0 Å². The van der Waals surface area contributed by atoms with E-state index in [4.69, 9.17) is 4.74 Å². The molecule has 0 aliphatic carbocycles. The van der Waals surface area contributed by atoms with E-state index in [0.717, 1.165) is 12.8 Å². The summed E-state index contributed by atoms with van der Waals surface area (Å²) in [6, 6.07) is 0. The molecule has 13 heavy (non-hydrogen) atoms. The number of unbranched alkanes of at least 4 members (excludes halogenated alkanes) is 2. The highest BCUT2D eigenvalue weighted by atomic mass is 16.5. The van der Waals surface area contributed by atoms with Crippen LogP contribution in [0.4, 0.5) is 0 Å². The predicted octanol–water partition coefficient (Wildman–Crippen LogP) is 2.18. The second-order valence-corrected chi connectivity index (χ2v) is 4.15. The van der Waals surface area contributed by atoms with Crippen molar-refractivity contribution < 1.29 is 14.6 Å². The molecule has 0 aromatic heterocycles. The molecule has 0 aliphatic rings. The molecule has 0 saturated carbocycles. The van der Waals surface area contributed by atoms with Gasteiger partial charge in [-0.3, -0.25) is 4.79 Å². The third kappa shape index (κ3) is 6.58. The molecule has 0 unspecified atom stereocenters. The molecule has 0 atom stereocenters. The van der Waals surface area contributed by atoms with Gasteiger partial charge in [0.25, 0.3) is 0 Å². The lowest BCUT2D eigenvalue weighted by Gasteiger charge is -2.16. The Kier molecular flexibility index (Phi) is 5.71. The monoisotopic (exact) mass is 187 g/mol. The van der Waals surface area contributed by atoms with Crippen molar-refractivity contribution in [3.8, 4) is 0 Å². The molecule has 0 saturated heterocycles. The Morgan fingerprint density at radius 3 is 2.23 bits per heavy atom. The van der Waals surface area contributed by atoms with Crippen LogP contribution in [0.1, 0.15) is 40.0 Å². The Balaban J connectivity index is 3.38. The summed E-state index contributed by atoms with van der Waals surface area (Å²) < 4.78 is 5.01. The summed E-state index contributed by atoms with van der Waals surface area (Å²) in [5.41, 5.74) is -0.418. The van der Waals surface area contributed by atoms with Crippen LogP contribution in [0.15, 0.2) is 0 Å². The molecule has 0 spiro atoms. The highest BCUT2D eigenvalue weighted by molar-refractivity contribution is 5.75. The van der Waals surface area contributed by atoms with E-state index < -0.39 is 5.41 Å². The van der Waals surface area contributed by atoms with Gasteiger partial charge in [-0.15, -0.1) is 0 Å². The molecule has 0 aliphatic heterocycles. The molecule has 1 radical (unpaired) electrons. The van der Waals surface area contributed by atoms with Crippen molar-refractivity contribution in [2.75, 3.05) is 13.2 Å². The van der Waals surface area contributed by atoms with Crippen molar-refractivity contribution in [2.45, 2.75) is 40.0 Å². The second kappa shape index (κ2) is 5.97. The first kappa shape index (κ1) is 12.4. The number of carbonyl (C=O) groups is 1. The first-order valence-electron chi connectivity index (χ1n) is 4.74. The van der Waals surface area contributed by atoms with Crippen LogP contribution in [-0.2, 0) is 14.6 Å². The summed E-state index contributed by atoms with van der Waals surface area (Å²) in [5, 5.41) is 10.1. The van der Waals surface area contributed by atoms with Gasteiger partial charge in [0.05, 0.1) is 18.6 Å². The van der Waals surface area contributed by atoms with E-state index in [0.29, 0.717) is 13.0 Å². The smallest absolute Gasteiger partial charge is 0.311 e. The van der Waals surface area contributed by atoms with Crippen LogP contribution in [0.2, 0.25) is 0 Å². The summed E-state index contributed by atoms with van der Waals surface area (Å²) >= 11 is 0. The Hall–Kier alpha value is -0.570. The maximum atomic E-state index is 11.2. The van der Waals surface area contributed by atoms with Gasteiger partial charge in [0.1, 0.15) is 0 Å². The molecule has 0 rings (SSSR count). The largest absolute Gasteiger partial charge is 0.465 e. The minimum absolute atomic E-state index is 0.0345. The van der Waals surface area contributed by atoms with E-state index in [1.54, 1.807) is 0 Å². The van der Waals surface area contributed by atoms with Gasteiger partial charge in [-0.05, 0) is 40.0 Å².